The van der Waals surface area contributed by atoms with Crippen LogP contribution in [0.2, 0.25) is 0 Å². The number of hydrogen-bond donors (Lipinski definition) is 0. The van der Waals surface area contributed by atoms with Gasteiger partial charge in [0.2, 0.25) is 11.7 Å². The lowest BCUT2D eigenvalue weighted by atomic mass is 10.2. The first-order valence-electron chi connectivity index (χ1n) is 7.98. The molecule has 7 nitrogen and oxygen atoms in total. The molecule has 0 aliphatic heterocycles. The zero-order valence-electron chi connectivity index (χ0n) is 14.6. The second-order valence-electron chi connectivity index (χ2n) is 6.00. The SMILES string of the molecule is CC(C)OC(F)(F)c1nnc2cnc(-c3ccc(OCC(F)(F)F)nc3)cn12. The van der Waals surface area contributed by atoms with E-state index in [-0.39, 0.29) is 17.2 Å². The Morgan fingerprint density at radius 3 is 2.39 bits per heavy atom. The Hall–Kier alpha value is -2.89. The zero-order chi connectivity index (χ0) is 20.5. The molecule has 0 unspecified atom stereocenters. The van der Waals surface area contributed by atoms with E-state index in [0.29, 0.717) is 5.56 Å². The van der Waals surface area contributed by atoms with Crippen LogP contribution in [0.4, 0.5) is 22.0 Å². The molecule has 0 saturated carbocycles. The summed E-state index contributed by atoms with van der Waals surface area (Å²) in [6.45, 7) is 1.44. The van der Waals surface area contributed by atoms with E-state index in [1.54, 1.807) is 0 Å². The highest BCUT2D eigenvalue weighted by molar-refractivity contribution is 5.59. The van der Waals surface area contributed by atoms with E-state index in [2.05, 4.69) is 29.6 Å². The number of ether oxygens (including phenoxy) is 2. The molecular weight excluding hydrogens is 389 g/mol. The Kier molecular flexibility index (Phi) is 5.15. The zero-order valence-corrected chi connectivity index (χ0v) is 14.6. The Balaban J connectivity index is 1.89. The molecule has 3 aromatic heterocycles. The third-order valence-electron chi connectivity index (χ3n) is 3.35. The number of alkyl halides is 5. The first kappa shape index (κ1) is 19.9. The minimum absolute atomic E-state index is 0.0730. The normalized spacial score (nSPS) is 12.7. The maximum Gasteiger partial charge on any atom is 0.422 e. The molecule has 28 heavy (non-hydrogen) atoms. The van der Waals surface area contributed by atoms with Gasteiger partial charge in [0.1, 0.15) is 0 Å². The summed E-state index contributed by atoms with van der Waals surface area (Å²) >= 11 is 0. The Bertz CT molecular complexity index is 956. The summed E-state index contributed by atoms with van der Waals surface area (Å²) in [6.07, 6.45) is -5.22. The fraction of sp³-hybridized carbons (Fsp3) is 0.375. The number of nitrogens with zero attached hydrogens (tertiary/aromatic N) is 5. The average molecular weight is 403 g/mol. The van der Waals surface area contributed by atoms with Gasteiger partial charge in [0, 0.05) is 24.0 Å². The third-order valence-corrected chi connectivity index (χ3v) is 3.35. The van der Waals surface area contributed by atoms with Crippen LogP contribution in [0.3, 0.4) is 0 Å². The van der Waals surface area contributed by atoms with Gasteiger partial charge in [-0.2, -0.15) is 22.0 Å². The lowest BCUT2D eigenvalue weighted by molar-refractivity contribution is -0.272. The van der Waals surface area contributed by atoms with Crippen molar-refractivity contribution >= 4 is 5.65 Å². The molecule has 0 bridgehead atoms. The first-order valence-corrected chi connectivity index (χ1v) is 7.98. The topological polar surface area (TPSA) is 74.4 Å². The minimum Gasteiger partial charge on any atom is -0.468 e. The van der Waals surface area contributed by atoms with Gasteiger partial charge < -0.3 is 9.47 Å². The molecule has 0 amide bonds. The second kappa shape index (κ2) is 7.26. The summed E-state index contributed by atoms with van der Waals surface area (Å²) < 4.78 is 75.2. The fourth-order valence-electron chi connectivity index (χ4n) is 2.27. The monoisotopic (exact) mass is 403 g/mol. The predicted molar refractivity (Wildman–Crippen MR) is 85.7 cm³/mol. The fourth-order valence-corrected chi connectivity index (χ4v) is 2.27. The van der Waals surface area contributed by atoms with Crippen LogP contribution in [0.1, 0.15) is 19.7 Å². The molecule has 0 radical (unpaired) electrons. The van der Waals surface area contributed by atoms with Crippen LogP contribution in [0, 0.1) is 0 Å². The van der Waals surface area contributed by atoms with Crippen molar-refractivity contribution in [3.8, 4) is 17.1 Å². The maximum atomic E-state index is 14.3. The van der Waals surface area contributed by atoms with E-state index in [4.69, 9.17) is 0 Å². The van der Waals surface area contributed by atoms with Crippen LogP contribution < -0.4 is 4.74 Å². The van der Waals surface area contributed by atoms with E-state index in [1.807, 2.05) is 0 Å². The van der Waals surface area contributed by atoms with Gasteiger partial charge >= 0.3 is 12.3 Å². The van der Waals surface area contributed by atoms with Gasteiger partial charge in [-0.1, -0.05) is 0 Å². The number of fused-ring (bicyclic) bond motifs is 1. The molecule has 0 saturated heterocycles. The van der Waals surface area contributed by atoms with Gasteiger partial charge in [-0.25, -0.2) is 4.98 Å². The van der Waals surface area contributed by atoms with Crippen LogP contribution in [-0.4, -0.2) is 43.5 Å². The van der Waals surface area contributed by atoms with Gasteiger partial charge in [0.05, 0.1) is 18.0 Å². The summed E-state index contributed by atoms with van der Waals surface area (Å²) in [5.41, 5.74) is 0.668. The quantitative estimate of drug-likeness (QED) is 0.586. The molecule has 3 rings (SSSR count). The van der Waals surface area contributed by atoms with Crippen molar-refractivity contribution in [2.45, 2.75) is 32.2 Å². The van der Waals surface area contributed by atoms with Crippen LogP contribution in [-0.2, 0) is 10.8 Å². The highest BCUT2D eigenvalue weighted by atomic mass is 19.4. The highest BCUT2D eigenvalue weighted by Gasteiger charge is 2.39. The number of pyridine rings is 1. The number of aromatic nitrogens is 5. The average Bonchev–Trinajstić information content (AvgIpc) is 3.03. The van der Waals surface area contributed by atoms with Gasteiger partial charge in [-0.15, -0.1) is 10.2 Å². The van der Waals surface area contributed by atoms with E-state index in [0.717, 1.165) is 4.40 Å². The Morgan fingerprint density at radius 2 is 1.79 bits per heavy atom. The van der Waals surface area contributed by atoms with Crippen molar-refractivity contribution in [2.24, 2.45) is 0 Å². The molecule has 12 heteroatoms. The van der Waals surface area contributed by atoms with Crippen molar-refractivity contribution in [3.63, 3.8) is 0 Å². The molecule has 0 atom stereocenters. The molecular formula is C16H14F5N5O2. The van der Waals surface area contributed by atoms with Crippen molar-refractivity contribution < 1.29 is 31.4 Å². The van der Waals surface area contributed by atoms with Crippen LogP contribution in [0.15, 0.2) is 30.7 Å². The van der Waals surface area contributed by atoms with E-state index in [1.165, 1.54) is 44.6 Å². The predicted octanol–water partition coefficient (Wildman–Crippen LogP) is 3.60. The summed E-state index contributed by atoms with van der Waals surface area (Å²) in [5.74, 6) is -0.957. The van der Waals surface area contributed by atoms with Gasteiger partial charge in [0.25, 0.3) is 0 Å². The molecule has 3 heterocycles. The van der Waals surface area contributed by atoms with E-state index < -0.39 is 30.8 Å². The van der Waals surface area contributed by atoms with Gasteiger partial charge in [-0.3, -0.25) is 9.38 Å². The van der Waals surface area contributed by atoms with Crippen LogP contribution in [0.5, 0.6) is 5.88 Å². The highest BCUT2D eigenvalue weighted by Crippen LogP contribution is 2.30. The number of hydrogen-bond acceptors (Lipinski definition) is 6. The van der Waals surface area contributed by atoms with Crippen molar-refractivity contribution in [1.82, 2.24) is 24.6 Å². The Morgan fingerprint density at radius 1 is 1.04 bits per heavy atom. The van der Waals surface area contributed by atoms with Crippen molar-refractivity contribution in [1.29, 1.82) is 0 Å². The van der Waals surface area contributed by atoms with E-state index >= 15 is 0 Å². The summed E-state index contributed by atoms with van der Waals surface area (Å²) in [6, 6.07) is 2.62. The molecule has 0 N–H and O–H groups in total. The van der Waals surface area contributed by atoms with Gasteiger partial charge in [-0.05, 0) is 19.9 Å². The van der Waals surface area contributed by atoms with Gasteiger partial charge in [0.15, 0.2) is 12.3 Å². The van der Waals surface area contributed by atoms with Crippen LogP contribution >= 0.6 is 0 Å². The summed E-state index contributed by atoms with van der Waals surface area (Å²) in [7, 11) is 0. The molecule has 0 aromatic carbocycles. The largest absolute Gasteiger partial charge is 0.468 e. The molecule has 150 valence electrons. The summed E-state index contributed by atoms with van der Waals surface area (Å²) in [5, 5.41) is 7.11. The number of rotatable bonds is 6. The lowest BCUT2D eigenvalue weighted by Crippen LogP contribution is -2.25. The standard InChI is InChI=1S/C16H14F5N5O2/c1-9(2)28-16(20,21)14-25-24-12-6-22-11(7-26(12)14)10-3-4-13(23-5-10)27-8-15(17,18)19/h3-7,9H,8H2,1-2H3. The maximum absolute atomic E-state index is 14.3. The first-order chi connectivity index (χ1) is 13.0. The smallest absolute Gasteiger partial charge is 0.422 e. The summed E-state index contributed by atoms with van der Waals surface area (Å²) in [4.78, 5) is 7.84. The number of halogens is 5. The molecule has 3 aromatic rings. The lowest BCUT2D eigenvalue weighted by Gasteiger charge is -2.17. The van der Waals surface area contributed by atoms with Crippen molar-refractivity contribution in [3.05, 3.63) is 36.5 Å². The molecule has 0 spiro atoms. The second-order valence-corrected chi connectivity index (χ2v) is 6.00. The molecule has 0 aliphatic rings. The third kappa shape index (κ3) is 4.50. The molecule has 0 aliphatic carbocycles. The van der Waals surface area contributed by atoms with Crippen molar-refractivity contribution in [2.75, 3.05) is 6.61 Å². The van der Waals surface area contributed by atoms with E-state index in [9.17, 15) is 22.0 Å². The molecule has 0 fully saturated rings. The van der Waals surface area contributed by atoms with Crippen LogP contribution in [0.25, 0.3) is 16.9 Å². The minimum atomic E-state index is -4.49. The Labute approximate surface area is 155 Å².